The molecular formula is C20H15Cl2F6N3O3. The number of hydrogen-bond acceptors (Lipinski definition) is 5. The highest BCUT2D eigenvalue weighted by molar-refractivity contribution is 6.37. The van der Waals surface area contributed by atoms with Crippen LogP contribution in [0.15, 0.2) is 36.4 Å². The van der Waals surface area contributed by atoms with Crippen molar-refractivity contribution in [3.63, 3.8) is 0 Å². The largest absolute Gasteiger partial charge is 0.573 e. The molecule has 0 aliphatic rings. The molecule has 34 heavy (non-hydrogen) atoms. The molecule has 0 saturated heterocycles. The van der Waals surface area contributed by atoms with Gasteiger partial charge in [0.2, 0.25) is 5.91 Å². The first-order chi connectivity index (χ1) is 15.7. The van der Waals surface area contributed by atoms with Crippen molar-refractivity contribution in [1.82, 2.24) is 10.6 Å². The molecule has 0 spiro atoms. The Morgan fingerprint density at radius 3 is 2.12 bits per heavy atom. The molecule has 184 valence electrons. The van der Waals surface area contributed by atoms with Crippen molar-refractivity contribution >= 4 is 29.1 Å². The standard InChI is InChI=1S/C20H15Cl2F6N3O3/c21-13-7-10(8-14(22)16(13)32)9-15(18(33)30-6-5-29)31-17(19(23,24)25)11-1-3-12(4-2-11)34-20(26,27)28/h1-4,7-8,15,17,31-32H,6,9H2,(H,30,33)/t15-,17-/m0/s1. The van der Waals surface area contributed by atoms with Crippen molar-refractivity contribution < 1.29 is 41.0 Å². The Morgan fingerprint density at radius 2 is 1.65 bits per heavy atom. The molecule has 3 N–H and O–H groups in total. The molecule has 2 atom stereocenters. The summed E-state index contributed by atoms with van der Waals surface area (Å²) in [6, 6.07) is 2.89. The maximum Gasteiger partial charge on any atom is 0.573 e. The quantitative estimate of drug-likeness (QED) is 0.329. The normalized spacial score (nSPS) is 13.6. The van der Waals surface area contributed by atoms with Gasteiger partial charge in [0.05, 0.1) is 22.2 Å². The molecule has 0 heterocycles. The summed E-state index contributed by atoms with van der Waals surface area (Å²) in [5, 5.41) is 22.2. The van der Waals surface area contributed by atoms with Gasteiger partial charge in [0.25, 0.3) is 0 Å². The zero-order valence-corrected chi connectivity index (χ0v) is 18.3. The number of nitrogens with zero attached hydrogens (tertiary/aromatic N) is 1. The second-order valence-corrected chi connectivity index (χ2v) is 7.61. The van der Waals surface area contributed by atoms with Crippen LogP contribution in [0, 0.1) is 11.3 Å². The molecule has 0 aromatic heterocycles. The Labute approximate surface area is 199 Å². The smallest absolute Gasteiger partial charge is 0.505 e. The van der Waals surface area contributed by atoms with Crippen LogP contribution in [0.3, 0.4) is 0 Å². The van der Waals surface area contributed by atoms with E-state index in [4.69, 9.17) is 28.5 Å². The van der Waals surface area contributed by atoms with Gasteiger partial charge in [0, 0.05) is 0 Å². The number of alkyl halides is 6. The minimum Gasteiger partial charge on any atom is -0.505 e. The first kappa shape index (κ1) is 27.4. The van der Waals surface area contributed by atoms with E-state index in [0.717, 1.165) is 12.1 Å². The molecule has 0 fully saturated rings. The van der Waals surface area contributed by atoms with Gasteiger partial charge < -0.3 is 15.2 Å². The van der Waals surface area contributed by atoms with Crippen LogP contribution in [0.5, 0.6) is 11.5 Å². The molecular weight excluding hydrogens is 515 g/mol. The predicted molar refractivity (Wildman–Crippen MR) is 109 cm³/mol. The fourth-order valence-electron chi connectivity index (χ4n) is 2.89. The number of carbonyl (C=O) groups excluding carboxylic acids is 1. The number of hydrogen-bond donors (Lipinski definition) is 3. The third-order valence-electron chi connectivity index (χ3n) is 4.32. The van der Waals surface area contributed by atoms with E-state index >= 15 is 0 Å². The maximum absolute atomic E-state index is 13.8. The number of carbonyl (C=O) groups is 1. The number of aromatic hydroxyl groups is 1. The molecule has 0 radical (unpaired) electrons. The van der Waals surface area contributed by atoms with Gasteiger partial charge in [0.15, 0.2) is 5.75 Å². The molecule has 0 aliphatic carbocycles. The highest BCUT2D eigenvalue weighted by atomic mass is 35.5. The van der Waals surface area contributed by atoms with E-state index < -0.39 is 60.6 Å². The van der Waals surface area contributed by atoms with Crippen molar-refractivity contribution in [3.05, 3.63) is 57.6 Å². The number of amides is 1. The molecule has 0 aliphatic heterocycles. The first-order valence-corrected chi connectivity index (χ1v) is 9.97. The molecule has 14 heteroatoms. The highest BCUT2D eigenvalue weighted by Crippen LogP contribution is 2.36. The van der Waals surface area contributed by atoms with Crippen molar-refractivity contribution in [2.24, 2.45) is 0 Å². The highest BCUT2D eigenvalue weighted by Gasteiger charge is 2.43. The van der Waals surface area contributed by atoms with Crippen LogP contribution in [0.2, 0.25) is 10.0 Å². The van der Waals surface area contributed by atoms with Gasteiger partial charge in [-0.1, -0.05) is 35.3 Å². The van der Waals surface area contributed by atoms with Crippen LogP contribution < -0.4 is 15.4 Å². The number of halogens is 8. The molecule has 2 aromatic rings. The second-order valence-electron chi connectivity index (χ2n) is 6.80. The van der Waals surface area contributed by atoms with Crippen LogP contribution in [-0.2, 0) is 11.2 Å². The molecule has 0 unspecified atom stereocenters. The lowest BCUT2D eigenvalue weighted by Crippen LogP contribution is -2.50. The number of nitrogens with one attached hydrogen (secondary N) is 2. The molecule has 2 rings (SSSR count). The number of ether oxygens (including phenoxy) is 1. The van der Waals surface area contributed by atoms with Crippen LogP contribution in [-0.4, -0.2) is 36.1 Å². The van der Waals surface area contributed by atoms with Gasteiger partial charge in [-0.25, -0.2) is 0 Å². The lowest BCUT2D eigenvalue weighted by molar-refractivity contribution is -0.274. The van der Waals surface area contributed by atoms with E-state index in [9.17, 15) is 36.2 Å². The summed E-state index contributed by atoms with van der Waals surface area (Å²) in [6.45, 7) is -0.492. The lowest BCUT2D eigenvalue weighted by Gasteiger charge is -2.27. The summed E-state index contributed by atoms with van der Waals surface area (Å²) in [4.78, 5) is 12.5. The van der Waals surface area contributed by atoms with Crippen molar-refractivity contribution in [3.8, 4) is 17.6 Å². The average Bonchev–Trinajstić information content (AvgIpc) is 2.71. The molecule has 6 nitrogen and oxygen atoms in total. The third kappa shape index (κ3) is 7.86. The summed E-state index contributed by atoms with van der Waals surface area (Å²) in [6.07, 6.45) is -10.4. The van der Waals surface area contributed by atoms with Gasteiger partial charge >= 0.3 is 12.5 Å². The van der Waals surface area contributed by atoms with Gasteiger partial charge in [0.1, 0.15) is 18.3 Å². The van der Waals surface area contributed by atoms with Gasteiger partial charge in [-0.15, -0.1) is 13.2 Å². The van der Waals surface area contributed by atoms with Crippen LogP contribution in [0.4, 0.5) is 26.3 Å². The third-order valence-corrected chi connectivity index (χ3v) is 4.89. The molecule has 2 aromatic carbocycles. The fourth-order valence-corrected chi connectivity index (χ4v) is 3.42. The number of phenolic OH excluding ortho intramolecular Hbond substituents is 1. The summed E-state index contributed by atoms with van der Waals surface area (Å²) in [7, 11) is 0. The van der Waals surface area contributed by atoms with E-state index in [2.05, 4.69) is 15.4 Å². The van der Waals surface area contributed by atoms with Crippen molar-refractivity contribution in [2.75, 3.05) is 6.54 Å². The Kier molecular flexibility index (Phi) is 8.88. The van der Waals surface area contributed by atoms with Gasteiger partial charge in [-0.05, 0) is 41.8 Å². The van der Waals surface area contributed by atoms with E-state index in [1.165, 1.54) is 12.1 Å². The fraction of sp³-hybridized carbons (Fsp3) is 0.300. The van der Waals surface area contributed by atoms with E-state index in [1.807, 2.05) is 0 Å². The lowest BCUT2D eigenvalue weighted by atomic mass is 10.0. The van der Waals surface area contributed by atoms with Crippen LogP contribution >= 0.6 is 23.2 Å². The Balaban J connectivity index is 2.37. The van der Waals surface area contributed by atoms with E-state index in [1.54, 1.807) is 6.07 Å². The summed E-state index contributed by atoms with van der Waals surface area (Å²) in [5.74, 6) is -2.15. The molecule has 1 amide bonds. The Morgan fingerprint density at radius 1 is 1.09 bits per heavy atom. The second kappa shape index (κ2) is 11.0. The zero-order valence-electron chi connectivity index (χ0n) is 16.8. The zero-order chi connectivity index (χ0) is 25.7. The van der Waals surface area contributed by atoms with Crippen LogP contribution in [0.25, 0.3) is 0 Å². The summed E-state index contributed by atoms with van der Waals surface area (Å²) < 4.78 is 82.1. The van der Waals surface area contributed by atoms with E-state index in [-0.39, 0.29) is 15.6 Å². The number of benzene rings is 2. The molecule has 0 bridgehead atoms. The summed E-state index contributed by atoms with van der Waals surface area (Å²) in [5.41, 5.74) is -0.311. The van der Waals surface area contributed by atoms with E-state index in [0.29, 0.717) is 12.1 Å². The van der Waals surface area contributed by atoms with Crippen molar-refractivity contribution in [1.29, 1.82) is 5.26 Å². The van der Waals surface area contributed by atoms with Crippen molar-refractivity contribution in [2.45, 2.75) is 31.0 Å². The minimum absolute atomic E-state index is 0.187. The number of rotatable bonds is 8. The van der Waals surface area contributed by atoms with Gasteiger partial charge in [-0.3, -0.25) is 10.1 Å². The summed E-state index contributed by atoms with van der Waals surface area (Å²) >= 11 is 11.7. The average molecular weight is 530 g/mol. The minimum atomic E-state index is -5.03. The number of phenols is 1. The van der Waals surface area contributed by atoms with Gasteiger partial charge in [-0.2, -0.15) is 18.4 Å². The SMILES string of the molecule is N#CCNC(=O)[C@H](Cc1cc(Cl)c(O)c(Cl)c1)N[C@@H](c1ccc(OC(F)(F)F)cc1)C(F)(F)F. The topological polar surface area (TPSA) is 94.4 Å². The van der Waals surface area contributed by atoms with Crippen LogP contribution in [0.1, 0.15) is 17.2 Å². The Bertz CT molecular complexity index is 1030. The maximum atomic E-state index is 13.8. The Hall–Kier alpha value is -2.88. The predicted octanol–water partition coefficient (Wildman–Crippen LogP) is 5.04. The monoisotopic (exact) mass is 529 g/mol. The number of nitriles is 1. The molecule has 0 saturated carbocycles. The first-order valence-electron chi connectivity index (χ1n) is 9.21.